The Labute approximate surface area is 111 Å². The average molecular weight is 251 g/mol. The molecule has 0 saturated heterocycles. The maximum absolute atomic E-state index is 4.38. The van der Waals surface area contributed by atoms with E-state index >= 15 is 0 Å². The summed E-state index contributed by atoms with van der Waals surface area (Å²) >= 11 is 1.80. The first kappa shape index (κ1) is 11.3. The van der Waals surface area contributed by atoms with E-state index in [0.29, 0.717) is 0 Å². The van der Waals surface area contributed by atoms with E-state index in [1.54, 1.807) is 11.8 Å². The van der Waals surface area contributed by atoms with Crippen molar-refractivity contribution >= 4 is 22.7 Å². The molecule has 0 saturated carbocycles. The fourth-order valence-electron chi connectivity index (χ4n) is 1.93. The molecule has 2 aromatic carbocycles. The Hall–Kier alpha value is -1.80. The number of pyridine rings is 1. The van der Waals surface area contributed by atoms with E-state index in [9.17, 15) is 0 Å². The predicted molar refractivity (Wildman–Crippen MR) is 77.0 cm³/mol. The zero-order chi connectivity index (χ0) is 12.4. The second-order valence-electron chi connectivity index (χ2n) is 4.23. The molecular formula is C16H13NS. The highest BCUT2D eigenvalue weighted by Crippen LogP contribution is 2.32. The molecule has 0 atom stereocenters. The van der Waals surface area contributed by atoms with Crippen molar-refractivity contribution in [2.45, 2.75) is 16.7 Å². The van der Waals surface area contributed by atoms with Crippen molar-refractivity contribution in [1.82, 2.24) is 4.98 Å². The lowest BCUT2D eigenvalue weighted by atomic mass is 10.1. The first-order valence-electron chi connectivity index (χ1n) is 5.91. The van der Waals surface area contributed by atoms with Crippen LogP contribution in [0.2, 0.25) is 0 Å². The van der Waals surface area contributed by atoms with Gasteiger partial charge in [0.15, 0.2) is 0 Å². The van der Waals surface area contributed by atoms with Gasteiger partial charge in [0.05, 0.1) is 5.52 Å². The van der Waals surface area contributed by atoms with Crippen molar-refractivity contribution in [3.8, 4) is 0 Å². The van der Waals surface area contributed by atoms with Crippen molar-refractivity contribution in [3.63, 3.8) is 0 Å². The van der Waals surface area contributed by atoms with Gasteiger partial charge in [0.1, 0.15) is 0 Å². The first-order valence-corrected chi connectivity index (χ1v) is 6.73. The average Bonchev–Trinajstić information content (AvgIpc) is 2.41. The fraction of sp³-hybridized carbons (Fsp3) is 0.0625. The van der Waals surface area contributed by atoms with E-state index in [1.165, 1.54) is 20.7 Å². The van der Waals surface area contributed by atoms with Crippen molar-refractivity contribution in [2.75, 3.05) is 0 Å². The highest BCUT2D eigenvalue weighted by Gasteiger charge is 2.03. The SMILES string of the molecule is Cc1cc2ncccc2cc1Sc1ccccc1. The number of aromatic nitrogens is 1. The molecule has 3 aromatic rings. The van der Waals surface area contributed by atoms with E-state index in [4.69, 9.17) is 0 Å². The summed E-state index contributed by atoms with van der Waals surface area (Å²) in [5.74, 6) is 0. The van der Waals surface area contributed by atoms with Gasteiger partial charge in [-0.25, -0.2) is 0 Å². The highest BCUT2D eigenvalue weighted by molar-refractivity contribution is 7.99. The van der Waals surface area contributed by atoms with Gasteiger partial charge in [-0.3, -0.25) is 4.98 Å². The summed E-state index contributed by atoms with van der Waals surface area (Å²) in [7, 11) is 0. The molecule has 0 unspecified atom stereocenters. The molecule has 88 valence electrons. The van der Waals surface area contributed by atoms with Crippen LogP contribution in [-0.4, -0.2) is 4.98 Å². The molecule has 0 amide bonds. The minimum atomic E-state index is 1.06. The maximum Gasteiger partial charge on any atom is 0.0705 e. The lowest BCUT2D eigenvalue weighted by Crippen LogP contribution is -1.84. The van der Waals surface area contributed by atoms with Crippen LogP contribution in [0.4, 0.5) is 0 Å². The van der Waals surface area contributed by atoms with E-state index in [1.807, 2.05) is 18.3 Å². The fourth-order valence-corrected chi connectivity index (χ4v) is 2.88. The van der Waals surface area contributed by atoms with Gasteiger partial charge in [-0.05, 0) is 42.8 Å². The first-order chi connectivity index (χ1) is 8.83. The molecule has 3 rings (SSSR count). The summed E-state index contributed by atoms with van der Waals surface area (Å²) in [6, 6.07) is 18.9. The molecule has 0 fully saturated rings. The van der Waals surface area contributed by atoms with Crippen molar-refractivity contribution < 1.29 is 0 Å². The summed E-state index contributed by atoms with van der Waals surface area (Å²) in [5, 5.41) is 1.20. The third-order valence-electron chi connectivity index (χ3n) is 2.87. The normalized spacial score (nSPS) is 10.7. The van der Waals surface area contributed by atoms with E-state index in [-0.39, 0.29) is 0 Å². The largest absolute Gasteiger partial charge is 0.256 e. The third-order valence-corrected chi connectivity index (χ3v) is 4.04. The molecule has 0 aliphatic heterocycles. The van der Waals surface area contributed by atoms with Gasteiger partial charge in [-0.2, -0.15) is 0 Å². The number of benzene rings is 2. The van der Waals surface area contributed by atoms with Crippen molar-refractivity contribution in [3.05, 3.63) is 66.4 Å². The van der Waals surface area contributed by atoms with Crippen LogP contribution in [0.5, 0.6) is 0 Å². The molecule has 0 spiro atoms. The summed E-state index contributed by atoms with van der Waals surface area (Å²) in [4.78, 5) is 6.94. The Balaban J connectivity index is 2.04. The Morgan fingerprint density at radius 2 is 1.78 bits per heavy atom. The van der Waals surface area contributed by atoms with Gasteiger partial charge >= 0.3 is 0 Å². The monoisotopic (exact) mass is 251 g/mol. The predicted octanol–water partition coefficient (Wildman–Crippen LogP) is 4.69. The van der Waals surface area contributed by atoms with Crippen LogP contribution in [0.3, 0.4) is 0 Å². The van der Waals surface area contributed by atoms with E-state index < -0.39 is 0 Å². The summed E-state index contributed by atoms with van der Waals surface area (Å²) in [6.07, 6.45) is 1.84. The van der Waals surface area contributed by atoms with Crippen LogP contribution in [0.25, 0.3) is 10.9 Å². The number of rotatable bonds is 2. The highest BCUT2D eigenvalue weighted by atomic mass is 32.2. The number of hydrogen-bond donors (Lipinski definition) is 0. The van der Waals surface area contributed by atoms with Crippen LogP contribution in [0.15, 0.2) is 70.6 Å². The van der Waals surface area contributed by atoms with Crippen LogP contribution in [-0.2, 0) is 0 Å². The Kier molecular flexibility index (Phi) is 3.03. The minimum absolute atomic E-state index is 1.06. The second-order valence-corrected chi connectivity index (χ2v) is 5.34. The number of aryl methyl sites for hydroxylation is 1. The lowest BCUT2D eigenvalue weighted by Gasteiger charge is -2.07. The smallest absolute Gasteiger partial charge is 0.0705 e. The Bertz CT molecular complexity index is 677. The molecule has 0 N–H and O–H groups in total. The van der Waals surface area contributed by atoms with Crippen LogP contribution in [0.1, 0.15) is 5.56 Å². The maximum atomic E-state index is 4.38. The quantitative estimate of drug-likeness (QED) is 0.655. The van der Waals surface area contributed by atoms with Crippen molar-refractivity contribution in [1.29, 1.82) is 0 Å². The van der Waals surface area contributed by atoms with Gasteiger partial charge in [0.2, 0.25) is 0 Å². The lowest BCUT2D eigenvalue weighted by molar-refractivity contribution is 1.29. The zero-order valence-electron chi connectivity index (χ0n) is 10.1. The standard InChI is InChI=1S/C16H13NS/c1-12-10-15-13(6-5-9-17-15)11-16(12)18-14-7-3-2-4-8-14/h2-11H,1H3. The Morgan fingerprint density at radius 1 is 0.944 bits per heavy atom. The molecule has 1 aromatic heterocycles. The zero-order valence-corrected chi connectivity index (χ0v) is 10.9. The van der Waals surface area contributed by atoms with Gasteiger partial charge in [0.25, 0.3) is 0 Å². The molecule has 1 nitrogen and oxygen atoms in total. The molecule has 18 heavy (non-hydrogen) atoms. The molecule has 0 bridgehead atoms. The van der Waals surface area contributed by atoms with E-state index in [0.717, 1.165) is 5.52 Å². The summed E-state index contributed by atoms with van der Waals surface area (Å²) in [6.45, 7) is 2.14. The van der Waals surface area contributed by atoms with Crippen LogP contribution >= 0.6 is 11.8 Å². The molecular weight excluding hydrogens is 238 g/mol. The third kappa shape index (κ3) is 2.24. The van der Waals surface area contributed by atoms with Gasteiger partial charge in [-0.15, -0.1) is 0 Å². The molecule has 2 heteroatoms. The number of fused-ring (bicyclic) bond motifs is 1. The summed E-state index contributed by atoms with van der Waals surface area (Å²) in [5.41, 5.74) is 2.34. The van der Waals surface area contributed by atoms with Gasteiger partial charge in [-0.1, -0.05) is 36.0 Å². The van der Waals surface area contributed by atoms with Crippen LogP contribution in [0, 0.1) is 6.92 Å². The van der Waals surface area contributed by atoms with Gasteiger partial charge < -0.3 is 0 Å². The Morgan fingerprint density at radius 3 is 2.61 bits per heavy atom. The van der Waals surface area contributed by atoms with Crippen LogP contribution < -0.4 is 0 Å². The van der Waals surface area contributed by atoms with Gasteiger partial charge in [0, 0.05) is 21.4 Å². The molecule has 1 heterocycles. The topological polar surface area (TPSA) is 12.9 Å². The second kappa shape index (κ2) is 4.83. The minimum Gasteiger partial charge on any atom is -0.256 e. The number of hydrogen-bond acceptors (Lipinski definition) is 2. The molecule has 0 aliphatic rings. The van der Waals surface area contributed by atoms with Crippen molar-refractivity contribution in [2.24, 2.45) is 0 Å². The molecule has 0 aliphatic carbocycles. The number of nitrogens with zero attached hydrogens (tertiary/aromatic N) is 1. The van der Waals surface area contributed by atoms with E-state index in [2.05, 4.69) is 54.4 Å². The summed E-state index contributed by atoms with van der Waals surface area (Å²) < 4.78 is 0. The molecule has 0 radical (unpaired) electrons.